The van der Waals surface area contributed by atoms with Gasteiger partial charge in [0.1, 0.15) is 0 Å². The molecular weight excluding hydrogens is 373 g/mol. The minimum atomic E-state index is -4.50. The summed E-state index contributed by atoms with van der Waals surface area (Å²) in [6.07, 6.45) is -4.58. The van der Waals surface area contributed by atoms with Crippen LogP contribution in [0.15, 0.2) is 48.5 Å². The van der Waals surface area contributed by atoms with Crippen molar-refractivity contribution in [3.63, 3.8) is 0 Å². The van der Waals surface area contributed by atoms with Gasteiger partial charge in [-0.3, -0.25) is 14.9 Å². The first-order valence-electron chi connectivity index (χ1n) is 8.54. The Morgan fingerprint density at radius 3 is 2.71 bits per heavy atom. The largest absolute Gasteiger partial charge is 0.416 e. The molecule has 2 aromatic carbocycles. The maximum Gasteiger partial charge on any atom is 0.416 e. The van der Waals surface area contributed by atoms with Crippen molar-refractivity contribution in [2.45, 2.75) is 12.6 Å². The van der Waals surface area contributed by atoms with Gasteiger partial charge in [-0.1, -0.05) is 18.2 Å². The topological polar surface area (TPSA) is 78.1 Å². The highest BCUT2D eigenvalue weighted by atomic mass is 19.4. The summed E-state index contributed by atoms with van der Waals surface area (Å²) in [6.45, 7) is 0.00616. The van der Waals surface area contributed by atoms with Gasteiger partial charge < -0.3 is 9.88 Å². The molecule has 2 amide bonds. The second-order valence-electron chi connectivity index (χ2n) is 6.55. The maximum absolute atomic E-state index is 12.9. The van der Waals surface area contributed by atoms with E-state index >= 15 is 0 Å². The molecule has 1 fully saturated rings. The number of rotatable bonds is 3. The Kier molecular flexibility index (Phi) is 4.29. The fourth-order valence-electron chi connectivity index (χ4n) is 3.21. The molecule has 2 heterocycles. The molecule has 4 rings (SSSR count). The minimum Gasteiger partial charge on any atom is -0.324 e. The molecule has 1 atom stereocenters. The number of carbonyl (C=O) groups is 2. The molecule has 2 N–H and O–H groups in total. The molecule has 0 spiro atoms. The molecule has 28 heavy (non-hydrogen) atoms. The second kappa shape index (κ2) is 6.66. The predicted molar refractivity (Wildman–Crippen MR) is 96.6 cm³/mol. The second-order valence-corrected chi connectivity index (χ2v) is 6.55. The summed E-state index contributed by atoms with van der Waals surface area (Å²) in [4.78, 5) is 33.2. The lowest BCUT2D eigenvalue weighted by Crippen LogP contribution is -2.28. The van der Waals surface area contributed by atoms with E-state index in [4.69, 9.17) is 0 Å². The van der Waals surface area contributed by atoms with Crippen LogP contribution in [0.5, 0.6) is 0 Å². The lowest BCUT2D eigenvalue weighted by molar-refractivity contribution is -0.137. The number of para-hydroxylation sites is 2. The molecular formula is C19H15F3N4O2. The van der Waals surface area contributed by atoms with E-state index in [0.29, 0.717) is 5.52 Å². The van der Waals surface area contributed by atoms with E-state index in [2.05, 4.69) is 15.3 Å². The van der Waals surface area contributed by atoms with Crippen LogP contribution in [0.3, 0.4) is 0 Å². The number of benzene rings is 2. The van der Waals surface area contributed by atoms with Crippen molar-refractivity contribution < 1.29 is 22.8 Å². The maximum atomic E-state index is 12.9. The van der Waals surface area contributed by atoms with E-state index in [1.165, 1.54) is 17.0 Å². The van der Waals surface area contributed by atoms with Crippen LogP contribution in [-0.4, -0.2) is 28.3 Å². The lowest BCUT2D eigenvalue weighted by Gasteiger charge is -2.18. The smallest absolute Gasteiger partial charge is 0.324 e. The van der Waals surface area contributed by atoms with E-state index in [1.54, 1.807) is 6.07 Å². The van der Waals surface area contributed by atoms with Crippen molar-refractivity contribution in [3.05, 3.63) is 54.1 Å². The quantitative estimate of drug-likeness (QED) is 0.720. The molecule has 144 valence electrons. The highest BCUT2D eigenvalue weighted by Crippen LogP contribution is 2.33. The molecule has 0 aliphatic carbocycles. The van der Waals surface area contributed by atoms with Crippen LogP contribution >= 0.6 is 0 Å². The number of aromatic amines is 1. The molecule has 3 aromatic rings. The van der Waals surface area contributed by atoms with Gasteiger partial charge in [0.15, 0.2) is 0 Å². The molecule has 9 heteroatoms. The van der Waals surface area contributed by atoms with Crippen LogP contribution < -0.4 is 10.2 Å². The summed E-state index contributed by atoms with van der Waals surface area (Å²) < 4.78 is 38.7. The number of aromatic nitrogens is 2. The number of alkyl halides is 3. The molecule has 6 nitrogen and oxygen atoms in total. The van der Waals surface area contributed by atoms with Crippen molar-refractivity contribution in [2.75, 3.05) is 16.8 Å². The molecule has 0 bridgehead atoms. The zero-order valence-electron chi connectivity index (χ0n) is 14.5. The number of fused-ring (bicyclic) bond motifs is 1. The van der Waals surface area contributed by atoms with Crippen molar-refractivity contribution in [1.29, 1.82) is 0 Å². The van der Waals surface area contributed by atoms with Gasteiger partial charge in [-0.2, -0.15) is 13.2 Å². The van der Waals surface area contributed by atoms with Gasteiger partial charge in [-0.25, -0.2) is 4.98 Å². The van der Waals surface area contributed by atoms with E-state index in [0.717, 1.165) is 17.6 Å². The predicted octanol–water partition coefficient (Wildman–Crippen LogP) is 3.57. The molecule has 1 aliphatic heterocycles. The fraction of sp³-hybridized carbons (Fsp3) is 0.211. The number of hydrogen-bond donors (Lipinski definition) is 2. The van der Waals surface area contributed by atoms with E-state index in [9.17, 15) is 22.8 Å². The van der Waals surface area contributed by atoms with Gasteiger partial charge >= 0.3 is 6.18 Å². The van der Waals surface area contributed by atoms with Crippen molar-refractivity contribution in [2.24, 2.45) is 5.92 Å². The average Bonchev–Trinajstić information content (AvgIpc) is 3.24. The van der Waals surface area contributed by atoms with E-state index in [-0.39, 0.29) is 24.6 Å². The van der Waals surface area contributed by atoms with Crippen molar-refractivity contribution >= 4 is 34.5 Å². The summed E-state index contributed by atoms with van der Waals surface area (Å²) >= 11 is 0. The number of H-pyrrole nitrogens is 1. The molecule has 1 unspecified atom stereocenters. The van der Waals surface area contributed by atoms with Gasteiger partial charge in [-0.05, 0) is 30.3 Å². The Morgan fingerprint density at radius 1 is 1.18 bits per heavy atom. The van der Waals surface area contributed by atoms with Crippen LogP contribution in [0, 0.1) is 5.92 Å². The number of carbonyl (C=O) groups excluding carboxylic acids is 2. The summed E-state index contributed by atoms with van der Waals surface area (Å²) in [5.41, 5.74) is 0.726. The SMILES string of the molecule is O=C(Nc1nc2ccccc2[nH]1)C1CC(=O)N(c2cccc(C(F)(F)F)c2)C1. The molecule has 1 aliphatic rings. The Hall–Kier alpha value is -3.36. The molecule has 1 saturated heterocycles. The van der Waals surface area contributed by atoms with E-state index < -0.39 is 29.5 Å². The van der Waals surface area contributed by atoms with Gasteiger partial charge in [0, 0.05) is 18.7 Å². The van der Waals surface area contributed by atoms with Crippen LogP contribution in [0.4, 0.5) is 24.8 Å². The van der Waals surface area contributed by atoms with Crippen LogP contribution in [-0.2, 0) is 15.8 Å². The van der Waals surface area contributed by atoms with Crippen molar-refractivity contribution in [1.82, 2.24) is 9.97 Å². The number of hydrogen-bond acceptors (Lipinski definition) is 3. The summed E-state index contributed by atoms with van der Waals surface area (Å²) in [6, 6.07) is 11.8. The average molecular weight is 388 g/mol. The number of anilines is 2. The molecule has 1 aromatic heterocycles. The first-order chi connectivity index (χ1) is 13.3. The van der Waals surface area contributed by atoms with Gasteiger partial charge in [0.25, 0.3) is 0 Å². The third kappa shape index (κ3) is 3.42. The minimum absolute atomic E-state index is 0.00616. The van der Waals surface area contributed by atoms with Crippen LogP contribution in [0.1, 0.15) is 12.0 Å². The van der Waals surface area contributed by atoms with Crippen LogP contribution in [0.25, 0.3) is 11.0 Å². The Balaban J connectivity index is 1.49. The lowest BCUT2D eigenvalue weighted by atomic mass is 10.1. The third-order valence-corrected chi connectivity index (χ3v) is 4.61. The number of nitrogens with one attached hydrogen (secondary N) is 2. The van der Waals surface area contributed by atoms with Gasteiger partial charge in [-0.15, -0.1) is 0 Å². The monoisotopic (exact) mass is 388 g/mol. The molecule has 0 saturated carbocycles. The van der Waals surface area contributed by atoms with E-state index in [1.807, 2.05) is 18.2 Å². The van der Waals surface area contributed by atoms with Crippen molar-refractivity contribution in [3.8, 4) is 0 Å². The van der Waals surface area contributed by atoms with Crippen LogP contribution in [0.2, 0.25) is 0 Å². The Labute approximate surface area is 157 Å². The van der Waals surface area contributed by atoms with Gasteiger partial charge in [0.2, 0.25) is 17.8 Å². The first kappa shape index (κ1) is 18.0. The Morgan fingerprint density at radius 2 is 1.96 bits per heavy atom. The molecule has 0 radical (unpaired) electrons. The zero-order valence-corrected chi connectivity index (χ0v) is 14.5. The highest BCUT2D eigenvalue weighted by molar-refractivity contribution is 6.03. The number of imidazole rings is 1. The third-order valence-electron chi connectivity index (χ3n) is 4.61. The fourth-order valence-corrected chi connectivity index (χ4v) is 3.21. The number of nitrogens with zero attached hydrogens (tertiary/aromatic N) is 2. The summed E-state index contributed by atoms with van der Waals surface area (Å²) in [5, 5.41) is 2.64. The number of amides is 2. The highest BCUT2D eigenvalue weighted by Gasteiger charge is 2.37. The zero-order chi connectivity index (χ0) is 19.9. The normalized spacial score (nSPS) is 17.3. The summed E-state index contributed by atoms with van der Waals surface area (Å²) in [5.74, 6) is -1.24. The summed E-state index contributed by atoms with van der Waals surface area (Å²) in [7, 11) is 0. The number of halogens is 3. The Bertz CT molecular complexity index is 1030. The first-order valence-corrected chi connectivity index (χ1v) is 8.54. The standard InChI is InChI=1S/C19H15F3N4O2/c20-19(21,22)12-4-3-5-13(9-12)26-10-11(8-16(26)27)17(28)25-18-23-14-6-1-2-7-15(14)24-18/h1-7,9,11H,8,10H2,(H2,23,24,25,28). The van der Waals surface area contributed by atoms with Gasteiger partial charge in [0.05, 0.1) is 22.5 Å².